The Morgan fingerprint density at radius 1 is 1.07 bits per heavy atom. The number of hydrogen-bond donors (Lipinski definition) is 1. The number of aliphatic hydroxyl groups is 1. The first-order chi connectivity index (χ1) is 6.95. The molecule has 0 aliphatic rings. The Morgan fingerprint density at radius 2 is 1.67 bits per heavy atom. The quantitative estimate of drug-likeness (QED) is 0.624. The Bertz CT molecular complexity index is 234. The Kier molecular flexibility index (Phi) is 8.06. The third kappa shape index (κ3) is 11.8. The first kappa shape index (κ1) is 14.9. The van der Waals surface area contributed by atoms with E-state index in [1.165, 1.54) is 25.5 Å². The minimum absolute atomic E-state index is 0.100. The van der Waals surface area contributed by atoms with Gasteiger partial charge in [-0.15, -0.1) is 0 Å². The molecule has 0 fully saturated rings. The predicted molar refractivity (Wildman–Crippen MR) is 63.7 cm³/mol. The molecule has 1 unspecified atom stereocenters. The van der Waals surface area contributed by atoms with Gasteiger partial charge in [-0.1, -0.05) is 39.0 Å². The molecule has 0 spiro atoms. The average Bonchev–Trinajstić information content (AvgIpc) is 2.13. The van der Waals surface area contributed by atoms with Gasteiger partial charge in [0.05, 0.1) is 11.9 Å². The van der Waals surface area contributed by atoms with Gasteiger partial charge in [-0.25, -0.2) is 8.42 Å². The molecule has 0 heterocycles. The lowest BCUT2D eigenvalue weighted by atomic mass is 10.1. The van der Waals surface area contributed by atoms with Crippen molar-refractivity contribution >= 4 is 9.84 Å². The molecule has 0 radical (unpaired) electrons. The van der Waals surface area contributed by atoms with Gasteiger partial charge in [0.1, 0.15) is 9.84 Å². The number of rotatable bonds is 9. The third-order valence-electron chi connectivity index (χ3n) is 2.46. The molecule has 0 amide bonds. The van der Waals surface area contributed by atoms with E-state index in [0.29, 0.717) is 6.42 Å². The SMILES string of the molecule is CCCCCCCC(O)CCS(C)(=O)=O. The molecular weight excluding hydrogens is 212 g/mol. The maximum atomic E-state index is 10.8. The highest BCUT2D eigenvalue weighted by Crippen LogP contribution is 2.09. The maximum Gasteiger partial charge on any atom is 0.147 e. The van der Waals surface area contributed by atoms with E-state index in [0.717, 1.165) is 19.3 Å². The third-order valence-corrected chi connectivity index (χ3v) is 3.44. The molecule has 0 rings (SSSR count). The lowest BCUT2D eigenvalue weighted by Crippen LogP contribution is -2.13. The van der Waals surface area contributed by atoms with Crippen LogP contribution in [0.15, 0.2) is 0 Å². The van der Waals surface area contributed by atoms with Crippen LogP contribution in [0.25, 0.3) is 0 Å². The lowest BCUT2D eigenvalue weighted by molar-refractivity contribution is 0.157. The van der Waals surface area contributed by atoms with E-state index in [2.05, 4.69) is 6.92 Å². The van der Waals surface area contributed by atoms with E-state index < -0.39 is 15.9 Å². The normalized spacial score (nSPS) is 14.1. The van der Waals surface area contributed by atoms with Crippen molar-refractivity contribution in [3.63, 3.8) is 0 Å². The molecule has 1 atom stereocenters. The molecule has 0 aromatic rings. The summed E-state index contributed by atoms with van der Waals surface area (Å²) in [7, 11) is -2.92. The van der Waals surface area contributed by atoms with Gasteiger partial charge < -0.3 is 5.11 Å². The molecule has 0 saturated carbocycles. The fraction of sp³-hybridized carbons (Fsp3) is 1.00. The van der Waals surface area contributed by atoms with Gasteiger partial charge in [0, 0.05) is 6.26 Å². The zero-order valence-corrected chi connectivity index (χ0v) is 10.7. The summed E-state index contributed by atoms with van der Waals surface area (Å²) in [5.41, 5.74) is 0. The number of hydrogen-bond acceptors (Lipinski definition) is 3. The van der Waals surface area contributed by atoms with Crippen molar-refractivity contribution in [2.24, 2.45) is 0 Å². The van der Waals surface area contributed by atoms with E-state index in [-0.39, 0.29) is 5.75 Å². The molecule has 1 N–H and O–H groups in total. The Balaban J connectivity index is 3.37. The summed E-state index contributed by atoms with van der Waals surface area (Å²) < 4.78 is 21.7. The summed E-state index contributed by atoms with van der Waals surface area (Å²) in [5, 5.41) is 9.50. The van der Waals surface area contributed by atoms with Crippen LogP contribution in [0.3, 0.4) is 0 Å². The second-order valence-electron chi connectivity index (χ2n) is 4.28. The topological polar surface area (TPSA) is 54.4 Å². The molecule has 0 saturated heterocycles. The van der Waals surface area contributed by atoms with Crippen LogP contribution in [0.4, 0.5) is 0 Å². The van der Waals surface area contributed by atoms with Gasteiger partial charge in [-0.3, -0.25) is 0 Å². The van der Waals surface area contributed by atoms with Crippen LogP contribution < -0.4 is 0 Å². The molecule has 0 aromatic heterocycles. The summed E-state index contributed by atoms with van der Waals surface area (Å²) in [4.78, 5) is 0. The van der Waals surface area contributed by atoms with Crippen LogP contribution in [0.1, 0.15) is 51.9 Å². The Morgan fingerprint density at radius 3 is 2.20 bits per heavy atom. The maximum absolute atomic E-state index is 10.8. The van der Waals surface area contributed by atoms with Crippen molar-refractivity contribution in [2.75, 3.05) is 12.0 Å². The predicted octanol–water partition coefficient (Wildman–Crippen LogP) is 2.14. The van der Waals surface area contributed by atoms with Crippen LogP contribution >= 0.6 is 0 Å². The molecule has 0 aromatic carbocycles. The van der Waals surface area contributed by atoms with Crippen LogP contribution in [0.5, 0.6) is 0 Å². The van der Waals surface area contributed by atoms with Gasteiger partial charge in [0.2, 0.25) is 0 Å². The lowest BCUT2D eigenvalue weighted by Gasteiger charge is -2.09. The highest BCUT2D eigenvalue weighted by atomic mass is 32.2. The summed E-state index contributed by atoms with van der Waals surface area (Å²) in [6.45, 7) is 2.17. The second kappa shape index (κ2) is 8.11. The van der Waals surface area contributed by atoms with Crippen molar-refractivity contribution in [1.29, 1.82) is 0 Å². The zero-order chi connectivity index (χ0) is 11.7. The van der Waals surface area contributed by atoms with Gasteiger partial charge >= 0.3 is 0 Å². The summed E-state index contributed by atoms with van der Waals surface area (Å²) in [6, 6.07) is 0. The van der Waals surface area contributed by atoms with Gasteiger partial charge in [0.15, 0.2) is 0 Å². The van der Waals surface area contributed by atoms with Crippen molar-refractivity contribution in [3.8, 4) is 0 Å². The van der Waals surface area contributed by atoms with Gasteiger partial charge in [-0.05, 0) is 12.8 Å². The van der Waals surface area contributed by atoms with Crippen LogP contribution in [-0.2, 0) is 9.84 Å². The molecule has 0 aliphatic heterocycles. The van der Waals surface area contributed by atoms with Crippen LogP contribution in [0.2, 0.25) is 0 Å². The Labute approximate surface area is 93.8 Å². The van der Waals surface area contributed by atoms with E-state index in [4.69, 9.17) is 0 Å². The Hall–Kier alpha value is -0.0900. The van der Waals surface area contributed by atoms with Crippen molar-refractivity contribution in [2.45, 2.75) is 58.0 Å². The zero-order valence-electron chi connectivity index (χ0n) is 9.91. The molecule has 4 heteroatoms. The van der Waals surface area contributed by atoms with Crippen LogP contribution in [0, 0.1) is 0 Å². The van der Waals surface area contributed by atoms with Crippen molar-refractivity contribution < 1.29 is 13.5 Å². The largest absolute Gasteiger partial charge is 0.393 e. The summed E-state index contributed by atoms with van der Waals surface area (Å²) in [6.07, 6.45) is 7.72. The first-order valence-corrected chi connectivity index (χ1v) is 7.87. The number of unbranched alkanes of at least 4 members (excludes halogenated alkanes) is 4. The smallest absolute Gasteiger partial charge is 0.147 e. The molecule has 15 heavy (non-hydrogen) atoms. The van der Waals surface area contributed by atoms with Gasteiger partial charge in [0.25, 0.3) is 0 Å². The van der Waals surface area contributed by atoms with E-state index in [1.54, 1.807) is 0 Å². The standard InChI is InChI=1S/C11H24O3S/c1-3-4-5-6-7-8-11(12)9-10-15(2,13)14/h11-12H,3-10H2,1-2H3. The van der Waals surface area contributed by atoms with Gasteiger partial charge in [-0.2, -0.15) is 0 Å². The van der Waals surface area contributed by atoms with Crippen molar-refractivity contribution in [3.05, 3.63) is 0 Å². The van der Waals surface area contributed by atoms with Crippen LogP contribution in [-0.4, -0.2) is 31.6 Å². The molecular formula is C11H24O3S. The average molecular weight is 236 g/mol. The molecule has 92 valence electrons. The summed E-state index contributed by atoms with van der Waals surface area (Å²) >= 11 is 0. The molecule has 0 bridgehead atoms. The monoisotopic (exact) mass is 236 g/mol. The molecule has 3 nitrogen and oxygen atoms in total. The highest BCUT2D eigenvalue weighted by molar-refractivity contribution is 7.90. The van der Waals surface area contributed by atoms with E-state index in [1.807, 2.05) is 0 Å². The fourth-order valence-corrected chi connectivity index (χ4v) is 2.18. The van der Waals surface area contributed by atoms with E-state index >= 15 is 0 Å². The second-order valence-corrected chi connectivity index (χ2v) is 6.54. The van der Waals surface area contributed by atoms with Crippen molar-refractivity contribution in [1.82, 2.24) is 0 Å². The first-order valence-electron chi connectivity index (χ1n) is 5.81. The highest BCUT2D eigenvalue weighted by Gasteiger charge is 2.08. The minimum atomic E-state index is -2.92. The minimum Gasteiger partial charge on any atom is -0.393 e. The summed E-state index contributed by atoms with van der Waals surface area (Å²) in [5.74, 6) is 0.100. The van der Waals surface area contributed by atoms with E-state index in [9.17, 15) is 13.5 Å². The number of sulfone groups is 1. The molecule has 0 aliphatic carbocycles. The number of aliphatic hydroxyl groups excluding tert-OH is 1. The fourth-order valence-electron chi connectivity index (χ4n) is 1.48.